The molecule has 0 radical (unpaired) electrons. The van der Waals surface area contributed by atoms with Crippen LogP contribution in [0.15, 0.2) is 39.9 Å². The van der Waals surface area contributed by atoms with E-state index >= 15 is 0 Å². The third-order valence-electron chi connectivity index (χ3n) is 4.45. The number of nitrogens with zero attached hydrogens (tertiary/aromatic N) is 5. The average Bonchev–Trinajstić information content (AvgIpc) is 3.15. The maximum Gasteiger partial charge on any atom is 0.279 e. The van der Waals surface area contributed by atoms with Crippen LogP contribution in [0.1, 0.15) is 30.0 Å². The lowest BCUT2D eigenvalue weighted by atomic mass is 10.1. The topological polar surface area (TPSA) is 136 Å². The molecule has 2 N–H and O–H groups in total. The van der Waals surface area contributed by atoms with E-state index in [0.717, 1.165) is 4.52 Å². The van der Waals surface area contributed by atoms with Gasteiger partial charge in [0.05, 0.1) is 17.7 Å². The lowest BCUT2D eigenvalue weighted by molar-refractivity contribution is 0.102. The van der Waals surface area contributed by atoms with Crippen LogP contribution in [0.4, 0.5) is 5.95 Å². The first-order valence-corrected chi connectivity index (χ1v) is 9.39. The summed E-state index contributed by atoms with van der Waals surface area (Å²) in [6, 6.07) is 8.08. The number of ether oxygens (including phenoxy) is 1. The summed E-state index contributed by atoms with van der Waals surface area (Å²) in [5, 5.41) is 10.3. The Morgan fingerprint density at radius 2 is 1.93 bits per heavy atom. The third kappa shape index (κ3) is 3.46. The minimum absolute atomic E-state index is 0.0262. The molecular formula is C19H19N7O4. The first-order chi connectivity index (χ1) is 14.5. The molecule has 0 aliphatic rings. The Morgan fingerprint density at radius 1 is 1.17 bits per heavy atom. The highest BCUT2D eigenvalue weighted by molar-refractivity contribution is 6.10. The quantitative estimate of drug-likeness (QED) is 0.483. The van der Waals surface area contributed by atoms with Crippen molar-refractivity contribution in [2.45, 2.75) is 27.0 Å². The Labute approximate surface area is 169 Å². The number of H-pyrrole nitrogens is 1. The number of carbonyl (C=O) groups excluding carboxylic acids is 1. The largest absolute Gasteiger partial charge is 0.375 e. The molecule has 3 heterocycles. The van der Waals surface area contributed by atoms with Crippen LogP contribution in [-0.4, -0.2) is 41.9 Å². The van der Waals surface area contributed by atoms with Crippen molar-refractivity contribution >= 4 is 28.4 Å². The maximum absolute atomic E-state index is 12.9. The molecule has 0 fully saturated rings. The van der Waals surface area contributed by atoms with Gasteiger partial charge in [-0.25, -0.2) is 9.67 Å². The van der Waals surface area contributed by atoms with Crippen LogP contribution >= 0.6 is 0 Å². The zero-order valence-corrected chi connectivity index (χ0v) is 16.4. The van der Waals surface area contributed by atoms with Crippen LogP contribution in [0, 0.1) is 0 Å². The molecule has 3 aromatic heterocycles. The SMILES string of the molecule is CCOCc1cc(=O)n2[nH]c(NC(=O)c3nn(CC)c(=O)c4ccccc34)nc2n1. The van der Waals surface area contributed by atoms with Crippen LogP contribution in [-0.2, 0) is 17.9 Å². The first kappa shape index (κ1) is 19.5. The molecule has 11 heteroatoms. The van der Waals surface area contributed by atoms with Crippen molar-refractivity contribution in [2.75, 3.05) is 11.9 Å². The molecule has 0 bridgehead atoms. The number of hydrogen-bond donors (Lipinski definition) is 2. The van der Waals surface area contributed by atoms with Crippen LogP contribution < -0.4 is 16.4 Å². The predicted molar refractivity (Wildman–Crippen MR) is 109 cm³/mol. The van der Waals surface area contributed by atoms with E-state index in [4.69, 9.17) is 4.74 Å². The van der Waals surface area contributed by atoms with Crippen LogP contribution in [0.5, 0.6) is 0 Å². The highest BCUT2D eigenvalue weighted by atomic mass is 16.5. The average molecular weight is 409 g/mol. The molecule has 30 heavy (non-hydrogen) atoms. The van der Waals surface area contributed by atoms with Crippen LogP contribution in [0.25, 0.3) is 16.6 Å². The van der Waals surface area contributed by atoms with E-state index in [9.17, 15) is 14.4 Å². The van der Waals surface area contributed by atoms with E-state index in [-0.39, 0.29) is 35.1 Å². The number of hydrogen-bond acceptors (Lipinski definition) is 7. The second-order valence-electron chi connectivity index (χ2n) is 6.40. The van der Waals surface area contributed by atoms with E-state index < -0.39 is 5.91 Å². The van der Waals surface area contributed by atoms with Gasteiger partial charge < -0.3 is 4.74 Å². The number of aromatic nitrogens is 6. The molecular weight excluding hydrogens is 390 g/mol. The fraction of sp³-hybridized carbons (Fsp3) is 0.263. The standard InChI is InChI=1S/C19H19N7O4/c1-3-25-17(29)13-8-6-5-7-12(13)15(23-25)16(28)21-18-22-19-20-11(10-30-4-2)9-14(27)26(19)24-18/h5-9H,3-4,10H2,1-2H3,(H2,20,21,22,24,28). The number of nitrogens with one attached hydrogen (secondary N) is 2. The van der Waals surface area contributed by atoms with E-state index in [2.05, 4.69) is 25.5 Å². The van der Waals surface area contributed by atoms with Gasteiger partial charge in [-0.3, -0.25) is 24.8 Å². The molecule has 11 nitrogen and oxygen atoms in total. The number of anilines is 1. The predicted octanol–water partition coefficient (Wildman–Crippen LogP) is 0.936. The van der Waals surface area contributed by atoms with Crippen LogP contribution in [0.3, 0.4) is 0 Å². The summed E-state index contributed by atoms with van der Waals surface area (Å²) >= 11 is 0. The molecule has 4 rings (SSSR count). The molecule has 0 unspecified atom stereocenters. The van der Waals surface area contributed by atoms with Gasteiger partial charge in [-0.05, 0) is 19.9 Å². The van der Waals surface area contributed by atoms with Crippen molar-refractivity contribution in [3.63, 3.8) is 0 Å². The first-order valence-electron chi connectivity index (χ1n) is 9.39. The van der Waals surface area contributed by atoms with Gasteiger partial charge in [0.25, 0.3) is 22.8 Å². The number of rotatable bonds is 6. The number of carbonyl (C=O) groups is 1. The normalized spacial score (nSPS) is 11.3. The van der Waals surface area contributed by atoms with Crippen molar-refractivity contribution in [2.24, 2.45) is 0 Å². The Bertz CT molecular complexity index is 1370. The molecule has 0 saturated heterocycles. The zero-order valence-electron chi connectivity index (χ0n) is 16.4. The molecule has 1 amide bonds. The molecule has 0 aliphatic carbocycles. The van der Waals surface area contributed by atoms with Gasteiger partial charge in [-0.1, -0.05) is 18.2 Å². The summed E-state index contributed by atoms with van der Waals surface area (Å²) in [4.78, 5) is 46.0. The Kier molecular flexibility index (Phi) is 5.11. The Balaban J connectivity index is 1.71. The van der Waals surface area contributed by atoms with Gasteiger partial charge in [0.1, 0.15) is 0 Å². The minimum atomic E-state index is -0.574. The van der Waals surface area contributed by atoms with E-state index in [1.54, 1.807) is 31.2 Å². The van der Waals surface area contributed by atoms with Gasteiger partial charge in [0.15, 0.2) is 5.69 Å². The summed E-state index contributed by atoms with van der Waals surface area (Å²) in [6.07, 6.45) is 0. The smallest absolute Gasteiger partial charge is 0.279 e. The van der Waals surface area contributed by atoms with Gasteiger partial charge in [-0.15, -0.1) is 0 Å². The van der Waals surface area contributed by atoms with Crippen molar-refractivity contribution in [1.29, 1.82) is 0 Å². The fourth-order valence-electron chi connectivity index (χ4n) is 3.05. The molecule has 154 valence electrons. The summed E-state index contributed by atoms with van der Waals surface area (Å²) < 4.78 is 7.61. The number of amides is 1. The molecule has 0 aliphatic heterocycles. The summed E-state index contributed by atoms with van der Waals surface area (Å²) in [5.74, 6) is -0.447. The molecule has 0 atom stereocenters. The van der Waals surface area contributed by atoms with Gasteiger partial charge in [0.2, 0.25) is 5.95 Å². The lowest BCUT2D eigenvalue weighted by Gasteiger charge is -2.08. The third-order valence-corrected chi connectivity index (χ3v) is 4.45. The van der Waals surface area contributed by atoms with E-state index in [0.29, 0.717) is 29.6 Å². The number of aromatic amines is 1. The maximum atomic E-state index is 12.9. The highest BCUT2D eigenvalue weighted by Gasteiger charge is 2.18. The number of aryl methyl sites for hydroxylation is 1. The fourth-order valence-corrected chi connectivity index (χ4v) is 3.05. The summed E-state index contributed by atoms with van der Waals surface area (Å²) in [6.45, 7) is 4.60. The van der Waals surface area contributed by atoms with E-state index in [1.165, 1.54) is 10.7 Å². The summed E-state index contributed by atoms with van der Waals surface area (Å²) in [7, 11) is 0. The minimum Gasteiger partial charge on any atom is -0.375 e. The van der Waals surface area contributed by atoms with Gasteiger partial charge in [-0.2, -0.15) is 14.6 Å². The molecule has 0 saturated carbocycles. The second-order valence-corrected chi connectivity index (χ2v) is 6.40. The molecule has 4 aromatic rings. The van der Waals surface area contributed by atoms with Crippen molar-refractivity contribution in [3.8, 4) is 0 Å². The monoisotopic (exact) mass is 409 g/mol. The highest BCUT2D eigenvalue weighted by Crippen LogP contribution is 2.14. The number of benzene rings is 1. The second kappa shape index (κ2) is 7.87. The van der Waals surface area contributed by atoms with Crippen molar-refractivity contribution in [1.82, 2.24) is 29.4 Å². The van der Waals surface area contributed by atoms with Crippen molar-refractivity contribution < 1.29 is 9.53 Å². The van der Waals surface area contributed by atoms with Crippen LogP contribution in [0.2, 0.25) is 0 Å². The van der Waals surface area contributed by atoms with E-state index in [1.807, 2.05) is 6.92 Å². The Hall–Kier alpha value is -3.86. The lowest BCUT2D eigenvalue weighted by Crippen LogP contribution is -2.27. The molecule has 1 aromatic carbocycles. The van der Waals surface area contributed by atoms with Crippen molar-refractivity contribution in [3.05, 3.63) is 62.4 Å². The number of fused-ring (bicyclic) bond motifs is 2. The Morgan fingerprint density at radius 3 is 2.67 bits per heavy atom. The summed E-state index contributed by atoms with van der Waals surface area (Å²) in [5.41, 5.74) is -0.143. The van der Waals surface area contributed by atoms with Gasteiger partial charge in [0, 0.05) is 24.6 Å². The van der Waals surface area contributed by atoms with Gasteiger partial charge >= 0.3 is 0 Å². The molecule has 0 spiro atoms. The zero-order chi connectivity index (χ0) is 21.3.